The molecule has 0 fully saturated rings. The number of hydrogen-bond acceptors (Lipinski definition) is 5. The average molecular weight is 333 g/mol. The van der Waals surface area contributed by atoms with Crippen LogP contribution in [0.25, 0.3) is 0 Å². The van der Waals surface area contributed by atoms with Crippen LogP contribution in [0.4, 0.5) is 5.69 Å². The molecule has 0 radical (unpaired) electrons. The Hall–Kier alpha value is -3.08. The molecule has 5 nitrogen and oxygen atoms in total. The molecule has 126 valence electrons. The smallest absolute Gasteiger partial charge is 0.196 e. The monoisotopic (exact) mass is 333 g/mol. The van der Waals surface area contributed by atoms with E-state index in [9.17, 15) is 9.59 Å². The van der Waals surface area contributed by atoms with Gasteiger partial charge in [0.05, 0.1) is 12.2 Å². The summed E-state index contributed by atoms with van der Waals surface area (Å²) in [4.78, 5) is 29.9. The number of benzene rings is 2. The quantitative estimate of drug-likeness (QED) is 0.795. The second-order valence-corrected chi connectivity index (χ2v) is 6.37. The maximum atomic E-state index is 12.9. The molecule has 2 aliphatic rings. The Balaban J connectivity index is 1.58. The van der Waals surface area contributed by atoms with Gasteiger partial charge in [0.2, 0.25) is 0 Å². The average Bonchev–Trinajstić information content (AvgIpc) is 3.05. The molecule has 25 heavy (non-hydrogen) atoms. The number of carbonyl (C=O) groups is 2. The van der Waals surface area contributed by atoms with Crippen molar-refractivity contribution in [2.75, 3.05) is 32.1 Å². The van der Waals surface area contributed by atoms with Crippen LogP contribution in [-0.2, 0) is 0 Å². The SMILES string of the molecule is CN1C=CN(CCNc2cccc3c2C(=O)c2ccccc2C3=O)C1. The summed E-state index contributed by atoms with van der Waals surface area (Å²) < 4.78 is 0. The zero-order valence-corrected chi connectivity index (χ0v) is 14.0. The Kier molecular flexibility index (Phi) is 3.76. The van der Waals surface area contributed by atoms with Gasteiger partial charge in [-0.05, 0) is 6.07 Å². The highest BCUT2D eigenvalue weighted by Gasteiger charge is 2.31. The zero-order valence-electron chi connectivity index (χ0n) is 14.0. The van der Waals surface area contributed by atoms with Crippen LogP contribution in [0.3, 0.4) is 0 Å². The molecule has 1 heterocycles. The Morgan fingerprint density at radius 3 is 2.36 bits per heavy atom. The van der Waals surface area contributed by atoms with Crippen LogP contribution < -0.4 is 5.32 Å². The van der Waals surface area contributed by atoms with Crippen molar-refractivity contribution in [1.82, 2.24) is 9.80 Å². The molecule has 0 bridgehead atoms. The maximum Gasteiger partial charge on any atom is 0.196 e. The normalized spacial score (nSPS) is 15.4. The topological polar surface area (TPSA) is 52.6 Å². The van der Waals surface area contributed by atoms with E-state index in [0.717, 1.165) is 18.9 Å². The van der Waals surface area contributed by atoms with Crippen LogP contribution in [0.15, 0.2) is 54.9 Å². The van der Waals surface area contributed by atoms with E-state index in [1.54, 1.807) is 30.3 Å². The van der Waals surface area contributed by atoms with E-state index in [0.29, 0.717) is 28.8 Å². The van der Waals surface area contributed by atoms with Crippen LogP contribution in [0, 0.1) is 0 Å². The lowest BCUT2D eigenvalue weighted by molar-refractivity contribution is 0.0979. The molecule has 2 aromatic carbocycles. The van der Waals surface area contributed by atoms with Gasteiger partial charge in [-0.15, -0.1) is 0 Å². The molecular formula is C20H19N3O2. The molecule has 4 rings (SSSR count). The number of fused-ring (bicyclic) bond motifs is 2. The Bertz CT molecular complexity index is 888. The van der Waals surface area contributed by atoms with E-state index >= 15 is 0 Å². The molecule has 0 saturated heterocycles. The van der Waals surface area contributed by atoms with E-state index < -0.39 is 0 Å². The van der Waals surface area contributed by atoms with E-state index in [-0.39, 0.29) is 11.6 Å². The van der Waals surface area contributed by atoms with Gasteiger partial charge in [-0.2, -0.15) is 0 Å². The summed E-state index contributed by atoms with van der Waals surface area (Å²) in [6.07, 6.45) is 4.08. The highest BCUT2D eigenvalue weighted by atomic mass is 16.1. The fraction of sp³-hybridized carbons (Fsp3) is 0.200. The number of nitrogens with one attached hydrogen (secondary N) is 1. The van der Waals surface area contributed by atoms with Gasteiger partial charge in [0.25, 0.3) is 0 Å². The minimum atomic E-state index is -0.0888. The second kappa shape index (κ2) is 6.09. The number of anilines is 1. The van der Waals surface area contributed by atoms with Gasteiger partial charge in [0.15, 0.2) is 11.6 Å². The maximum absolute atomic E-state index is 12.9. The predicted molar refractivity (Wildman–Crippen MR) is 96.7 cm³/mol. The fourth-order valence-corrected chi connectivity index (χ4v) is 3.36. The van der Waals surface area contributed by atoms with Gasteiger partial charge in [-0.25, -0.2) is 0 Å². The first kappa shape index (κ1) is 15.4. The van der Waals surface area contributed by atoms with E-state index in [1.165, 1.54) is 0 Å². The highest BCUT2D eigenvalue weighted by molar-refractivity contribution is 6.30. The molecular weight excluding hydrogens is 314 g/mol. The lowest BCUT2D eigenvalue weighted by Gasteiger charge is -2.22. The van der Waals surface area contributed by atoms with Gasteiger partial charge >= 0.3 is 0 Å². The summed E-state index contributed by atoms with van der Waals surface area (Å²) in [6, 6.07) is 12.4. The van der Waals surface area contributed by atoms with E-state index in [4.69, 9.17) is 0 Å². The second-order valence-electron chi connectivity index (χ2n) is 6.37. The summed E-state index contributed by atoms with van der Waals surface area (Å²) in [5, 5.41) is 3.33. The van der Waals surface area contributed by atoms with Crippen molar-refractivity contribution in [3.8, 4) is 0 Å². The summed E-state index contributed by atoms with van der Waals surface area (Å²) in [5.74, 6) is -0.174. The summed E-state index contributed by atoms with van der Waals surface area (Å²) in [6.45, 7) is 2.38. The fourth-order valence-electron chi connectivity index (χ4n) is 3.36. The predicted octanol–water partition coefficient (Wildman–Crippen LogP) is 2.55. The summed E-state index contributed by atoms with van der Waals surface area (Å²) >= 11 is 0. The first-order valence-electron chi connectivity index (χ1n) is 8.33. The molecule has 5 heteroatoms. The lowest BCUT2D eigenvalue weighted by Crippen LogP contribution is -2.28. The number of carbonyl (C=O) groups excluding carboxylic acids is 2. The van der Waals surface area contributed by atoms with Crippen molar-refractivity contribution in [2.24, 2.45) is 0 Å². The van der Waals surface area contributed by atoms with Crippen LogP contribution in [0.2, 0.25) is 0 Å². The Morgan fingerprint density at radius 1 is 0.920 bits per heavy atom. The zero-order chi connectivity index (χ0) is 17.4. The molecule has 2 aromatic rings. The van der Waals surface area contributed by atoms with Gasteiger partial charge < -0.3 is 15.1 Å². The molecule has 0 saturated carbocycles. The lowest BCUT2D eigenvalue weighted by atomic mass is 9.83. The molecule has 0 unspecified atom stereocenters. The third-order valence-corrected chi connectivity index (χ3v) is 4.60. The van der Waals surface area contributed by atoms with Gasteiger partial charge in [-0.3, -0.25) is 9.59 Å². The molecule has 0 amide bonds. The van der Waals surface area contributed by atoms with Crippen LogP contribution in [-0.4, -0.2) is 48.2 Å². The first-order chi connectivity index (χ1) is 12.1. The van der Waals surface area contributed by atoms with Crippen molar-refractivity contribution in [3.05, 3.63) is 77.1 Å². The Labute approximate surface area is 146 Å². The molecule has 0 aromatic heterocycles. The summed E-state index contributed by atoms with van der Waals surface area (Å²) in [7, 11) is 2.03. The van der Waals surface area contributed by atoms with Gasteiger partial charge in [-0.1, -0.05) is 36.4 Å². The van der Waals surface area contributed by atoms with Crippen molar-refractivity contribution in [3.63, 3.8) is 0 Å². The third-order valence-electron chi connectivity index (χ3n) is 4.60. The standard InChI is InChI=1S/C20H19N3O2/c1-22-11-12-23(13-22)10-9-21-17-8-4-7-16-18(17)20(25)15-6-3-2-5-14(15)19(16)24/h2-8,11-12,21H,9-10,13H2,1H3. The first-order valence-corrected chi connectivity index (χ1v) is 8.33. The molecule has 0 spiro atoms. The highest BCUT2D eigenvalue weighted by Crippen LogP contribution is 2.31. The van der Waals surface area contributed by atoms with E-state index in [2.05, 4.69) is 15.1 Å². The van der Waals surface area contributed by atoms with E-state index in [1.807, 2.05) is 31.6 Å². The van der Waals surface area contributed by atoms with Crippen molar-refractivity contribution >= 4 is 17.3 Å². The van der Waals surface area contributed by atoms with Gasteiger partial charge in [0.1, 0.15) is 0 Å². The Morgan fingerprint density at radius 2 is 1.64 bits per heavy atom. The van der Waals surface area contributed by atoms with Crippen LogP contribution in [0.1, 0.15) is 31.8 Å². The third kappa shape index (κ3) is 2.67. The van der Waals surface area contributed by atoms with Crippen molar-refractivity contribution in [1.29, 1.82) is 0 Å². The number of rotatable bonds is 4. The van der Waals surface area contributed by atoms with Gasteiger partial charge in [0, 0.05) is 54.9 Å². The largest absolute Gasteiger partial charge is 0.383 e. The minimum Gasteiger partial charge on any atom is -0.383 e. The minimum absolute atomic E-state index is 0.0852. The molecule has 1 aliphatic carbocycles. The van der Waals surface area contributed by atoms with Crippen LogP contribution in [0.5, 0.6) is 0 Å². The molecule has 0 atom stereocenters. The van der Waals surface area contributed by atoms with Crippen molar-refractivity contribution < 1.29 is 9.59 Å². The molecule has 1 aliphatic heterocycles. The number of hydrogen-bond donors (Lipinski definition) is 1. The molecule has 1 N–H and O–H groups in total. The summed E-state index contributed by atoms with van der Waals surface area (Å²) in [5.41, 5.74) is 2.66. The number of nitrogens with zero attached hydrogens (tertiary/aromatic N) is 2. The van der Waals surface area contributed by atoms with Crippen LogP contribution >= 0.6 is 0 Å². The van der Waals surface area contributed by atoms with Crippen molar-refractivity contribution in [2.45, 2.75) is 0 Å². The number of ketones is 2.